The summed E-state index contributed by atoms with van der Waals surface area (Å²) in [5.41, 5.74) is 1.36. The number of urea groups is 1. The first-order chi connectivity index (χ1) is 20.2. The van der Waals surface area contributed by atoms with Gasteiger partial charge in [0.25, 0.3) is 11.8 Å². The van der Waals surface area contributed by atoms with Crippen LogP contribution in [0.15, 0.2) is 42.5 Å². The molecule has 0 spiro atoms. The molecule has 0 bridgehead atoms. The van der Waals surface area contributed by atoms with Gasteiger partial charge < -0.3 is 30.3 Å². The van der Waals surface area contributed by atoms with Gasteiger partial charge >= 0.3 is 6.03 Å². The molecule has 0 radical (unpaired) electrons. The number of nitrogens with zero attached hydrogens (tertiary/aromatic N) is 3. The van der Waals surface area contributed by atoms with Crippen LogP contribution < -0.4 is 15.4 Å². The predicted molar refractivity (Wildman–Crippen MR) is 163 cm³/mol. The molecule has 3 aromatic rings. The van der Waals surface area contributed by atoms with E-state index in [1.165, 1.54) is 17.8 Å². The number of fused-ring (bicyclic) bond motifs is 2. The van der Waals surface area contributed by atoms with E-state index in [0.29, 0.717) is 17.2 Å². The highest BCUT2D eigenvalue weighted by molar-refractivity contribution is 7.20. The van der Waals surface area contributed by atoms with Gasteiger partial charge in [0.15, 0.2) is 10.8 Å². The fourth-order valence-electron chi connectivity index (χ4n) is 5.59. The van der Waals surface area contributed by atoms with Crippen LogP contribution in [0.3, 0.4) is 0 Å². The molecule has 3 atom stereocenters. The summed E-state index contributed by atoms with van der Waals surface area (Å²) >= 11 is 1.29. The Labute approximate surface area is 250 Å². The van der Waals surface area contributed by atoms with E-state index in [1.54, 1.807) is 42.0 Å². The lowest BCUT2D eigenvalue weighted by Gasteiger charge is -2.38. The molecule has 1 aliphatic carbocycles. The Morgan fingerprint density at radius 1 is 1.17 bits per heavy atom. The number of benzene rings is 2. The Bertz CT molecular complexity index is 1410. The first kappa shape index (κ1) is 29.8. The maximum atomic E-state index is 13.8. The molecule has 2 aromatic carbocycles. The molecule has 2 aliphatic rings. The molecule has 1 aromatic heterocycles. The van der Waals surface area contributed by atoms with Crippen LogP contribution in [0, 0.1) is 5.92 Å². The van der Waals surface area contributed by atoms with Crippen LogP contribution >= 0.6 is 11.3 Å². The van der Waals surface area contributed by atoms with E-state index in [4.69, 9.17) is 4.74 Å². The van der Waals surface area contributed by atoms with E-state index in [1.807, 2.05) is 31.2 Å². The molecule has 3 N–H and O–H groups in total. The highest BCUT2D eigenvalue weighted by Crippen LogP contribution is 2.35. The van der Waals surface area contributed by atoms with Crippen LogP contribution in [0.1, 0.15) is 66.1 Å². The van der Waals surface area contributed by atoms with Crippen molar-refractivity contribution in [3.05, 3.63) is 53.0 Å². The zero-order valence-electron chi connectivity index (χ0n) is 24.3. The van der Waals surface area contributed by atoms with E-state index in [2.05, 4.69) is 15.6 Å². The van der Waals surface area contributed by atoms with Crippen molar-refractivity contribution in [2.45, 2.75) is 64.1 Å². The van der Waals surface area contributed by atoms with Gasteiger partial charge in [-0.1, -0.05) is 44.4 Å². The number of anilines is 1. The first-order valence-electron chi connectivity index (χ1n) is 14.6. The third kappa shape index (κ3) is 6.52. The van der Waals surface area contributed by atoms with Crippen LogP contribution in [0.2, 0.25) is 0 Å². The van der Waals surface area contributed by atoms with Crippen LogP contribution in [-0.4, -0.2) is 82.7 Å². The van der Waals surface area contributed by atoms with E-state index in [-0.39, 0.29) is 48.4 Å². The minimum absolute atomic E-state index is 0.158. The maximum Gasteiger partial charge on any atom is 0.317 e. The van der Waals surface area contributed by atoms with Gasteiger partial charge in [0, 0.05) is 25.6 Å². The Morgan fingerprint density at radius 3 is 2.67 bits per heavy atom. The number of aliphatic hydroxyl groups is 1. The summed E-state index contributed by atoms with van der Waals surface area (Å²) in [5.74, 6) is -0.646. The first-order valence-corrected chi connectivity index (χ1v) is 15.5. The minimum Gasteiger partial charge on any atom is -0.485 e. The molecule has 5 rings (SSSR count). The topological polar surface area (TPSA) is 124 Å². The number of hydrogen-bond acceptors (Lipinski definition) is 7. The van der Waals surface area contributed by atoms with Gasteiger partial charge in [0.05, 0.1) is 40.7 Å². The van der Waals surface area contributed by atoms with E-state index in [0.717, 1.165) is 35.9 Å². The Kier molecular flexibility index (Phi) is 9.27. The molecule has 1 fully saturated rings. The summed E-state index contributed by atoms with van der Waals surface area (Å²) in [6, 6.07) is 12.2. The molecule has 0 unspecified atom stereocenters. The normalized spacial score (nSPS) is 20.2. The van der Waals surface area contributed by atoms with Gasteiger partial charge in [-0.2, -0.15) is 0 Å². The summed E-state index contributed by atoms with van der Waals surface area (Å²) in [4.78, 5) is 47.9. The van der Waals surface area contributed by atoms with Gasteiger partial charge in [-0.05, 0) is 44.0 Å². The number of rotatable bonds is 7. The quantitative estimate of drug-likeness (QED) is 0.364. The van der Waals surface area contributed by atoms with Crippen molar-refractivity contribution in [1.82, 2.24) is 20.1 Å². The third-order valence-corrected chi connectivity index (χ3v) is 9.20. The Balaban J connectivity index is 1.43. The lowest BCUT2D eigenvalue weighted by atomic mass is 9.96. The number of aliphatic hydroxyl groups excluding tert-OH is 1. The van der Waals surface area contributed by atoms with Gasteiger partial charge in [-0.15, -0.1) is 11.3 Å². The van der Waals surface area contributed by atoms with E-state index in [9.17, 15) is 19.5 Å². The number of para-hydroxylation sites is 2. The largest absolute Gasteiger partial charge is 0.485 e. The number of ether oxygens (including phenoxy) is 1. The van der Waals surface area contributed by atoms with Crippen molar-refractivity contribution in [3.8, 4) is 5.75 Å². The fraction of sp³-hybridized carbons (Fsp3) is 0.484. The van der Waals surface area contributed by atoms with Gasteiger partial charge in [-0.25, -0.2) is 9.78 Å². The van der Waals surface area contributed by atoms with Gasteiger partial charge in [0.2, 0.25) is 0 Å². The molecule has 11 heteroatoms. The Morgan fingerprint density at radius 2 is 1.93 bits per heavy atom. The van der Waals surface area contributed by atoms with E-state index < -0.39 is 18.1 Å². The second-order valence-electron chi connectivity index (χ2n) is 11.4. The lowest BCUT2D eigenvalue weighted by Crippen LogP contribution is -2.52. The number of nitrogens with one attached hydrogen (secondary N) is 2. The zero-order chi connectivity index (χ0) is 29.8. The number of likely N-dealkylation sites (N-methyl/N-ethyl adjacent to an activating group) is 1. The highest BCUT2D eigenvalue weighted by atomic mass is 32.1. The molecule has 10 nitrogen and oxygen atoms in total. The van der Waals surface area contributed by atoms with Crippen molar-refractivity contribution < 1.29 is 24.2 Å². The highest BCUT2D eigenvalue weighted by Gasteiger charge is 2.35. The van der Waals surface area contributed by atoms with E-state index >= 15 is 0 Å². The van der Waals surface area contributed by atoms with Crippen LogP contribution in [0.4, 0.5) is 10.5 Å². The summed E-state index contributed by atoms with van der Waals surface area (Å²) in [5, 5.41) is 16.3. The van der Waals surface area contributed by atoms with Crippen molar-refractivity contribution in [1.29, 1.82) is 0 Å². The molecule has 1 aliphatic heterocycles. The second kappa shape index (κ2) is 13.1. The summed E-state index contributed by atoms with van der Waals surface area (Å²) in [6.07, 6.45) is 4.91. The summed E-state index contributed by atoms with van der Waals surface area (Å²) < 4.78 is 7.45. The average Bonchev–Trinajstić information content (AvgIpc) is 3.44. The fourth-order valence-corrected chi connectivity index (χ4v) is 6.45. The lowest BCUT2D eigenvalue weighted by molar-refractivity contribution is 0.0367. The second-order valence-corrected chi connectivity index (χ2v) is 12.4. The smallest absolute Gasteiger partial charge is 0.317 e. The number of carbonyl (C=O) groups excluding carboxylic acids is 3. The number of aromatic nitrogens is 1. The molecular weight excluding hydrogens is 554 g/mol. The van der Waals surface area contributed by atoms with Crippen LogP contribution in [-0.2, 0) is 0 Å². The van der Waals surface area contributed by atoms with Crippen molar-refractivity contribution in [2.24, 2.45) is 5.92 Å². The molecule has 1 saturated carbocycles. The maximum absolute atomic E-state index is 13.8. The van der Waals surface area contributed by atoms with Crippen molar-refractivity contribution in [3.63, 3.8) is 0 Å². The average molecular weight is 594 g/mol. The third-order valence-electron chi connectivity index (χ3n) is 8.16. The zero-order valence-corrected chi connectivity index (χ0v) is 25.2. The van der Waals surface area contributed by atoms with Crippen molar-refractivity contribution >= 4 is 45.1 Å². The van der Waals surface area contributed by atoms with Crippen LogP contribution in [0.5, 0.6) is 5.75 Å². The number of thiazole rings is 1. The Hall–Kier alpha value is -3.70. The van der Waals surface area contributed by atoms with Gasteiger partial charge in [0.1, 0.15) is 6.10 Å². The molecule has 42 heavy (non-hydrogen) atoms. The standard InChI is InChI=1S/C31H39N5O5S/c1-19-16-36(20(2)18-37)30(39)22-12-9-14-24(33-28(38)29-34-23-13-7-8-15-26(23)42-29)27(22)41-25(19)17-35(3)31(40)32-21-10-5-4-6-11-21/h7-9,12-15,19-21,25,37H,4-6,10-11,16-18H2,1-3H3,(H,32,40)(H,33,38)/t19-,20+,25-/m1/s1. The SMILES string of the molecule is C[C@@H]1CN([C@@H](C)CO)C(=O)c2cccc(NC(=O)c3nc4ccccc4s3)c2O[C@@H]1CN(C)C(=O)NC1CCCCC1. The summed E-state index contributed by atoms with van der Waals surface area (Å²) in [6.45, 7) is 4.18. The monoisotopic (exact) mass is 593 g/mol. The molecule has 0 saturated heterocycles. The number of carbonyl (C=O) groups is 3. The summed E-state index contributed by atoms with van der Waals surface area (Å²) in [7, 11) is 1.74. The van der Waals surface area contributed by atoms with Crippen LogP contribution in [0.25, 0.3) is 10.2 Å². The number of amides is 4. The number of hydrogen-bond donors (Lipinski definition) is 3. The molecule has 2 heterocycles. The molecular formula is C31H39N5O5S. The minimum atomic E-state index is -0.493. The van der Waals surface area contributed by atoms with Gasteiger partial charge in [-0.3, -0.25) is 9.59 Å². The van der Waals surface area contributed by atoms with Crippen molar-refractivity contribution in [2.75, 3.05) is 32.1 Å². The predicted octanol–water partition coefficient (Wildman–Crippen LogP) is 4.74. The molecule has 4 amide bonds. The molecule has 224 valence electrons.